The van der Waals surface area contributed by atoms with Crippen LogP contribution in [-0.2, 0) is 13.0 Å². The Morgan fingerprint density at radius 2 is 2.00 bits per heavy atom. The minimum absolute atomic E-state index is 0.0650. The molecular weight excluding hydrogens is 264 g/mol. The van der Waals surface area contributed by atoms with Crippen molar-refractivity contribution in [2.45, 2.75) is 25.9 Å². The maximum Gasteiger partial charge on any atom is 0.123 e. The Labute approximate surface area is 126 Å². The number of para-hydroxylation sites is 1. The van der Waals surface area contributed by atoms with E-state index in [1.54, 1.807) is 7.11 Å². The highest BCUT2D eigenvalue weighted by molar-refractivity contribution is 5.33. The number of rotatable bonds is 7. The van der Waals surface area contributed by atoms with Crippen molar-refractivity contribution >= 4 is 0 Å². The molecular formula is C17H24N2O2. The number of nitrogens with zero attached hydrogens (tertiary/aromatic N) is 1. The van der Waals surface area contributed by atoms with Gasteiger partial charge in [-0.05, 0) is 25.2 Å². The lowest BCUT2D eigenvalue weighted by Gasteiger charge is -2.26. The van der Waals surface area contributed by atoms with E-state index in [0.29, 0.717) is 6.54 Å². The minimum atomic E-state index is 0.0650. The molecule has 0 radical (unpaired) electrons. The van der Waals surface area contributed by atoms with Gasteiger partial charge in [-0.3, -0.25) is 4.90 Å². The standard InChI is InChI=1S/C17H24N2O2/c1-4-14-9-10-17(21-14)15(11-18)19(2)12-13-7-5-6-8-16(13)20-3/h5-10,15H,4,11-12,18H2,1-3H3. The van der Waals surface area contributed by atoms with Crippen molar-refractivity contribution in [2.24, 2.45) is 5.73 Å². The number of ether oxygens (including phenoxy) is 1. The Hall–Kier alpha value is -1.78. The number of benzene rings is 1. The van der Waals surface area contributed by atoms with Gasteiger partial charge in [-0.25, -0.2) is 0 Å². The van der Waals surface area contributed by atoms with Crippen LogP contribution in [0, 0.1) is 0 Å². The van der Waals surface area contributed by atoms with Crippen molar-refractivity contribution in [3.8, 4) is 5.75 Å². The van der Waals surface area contributed by atoms with Gasteiger partial charge >= 0.3 is 0 Å². The summed E-state index contributed by atoms with van der Waals surface area (Å²) in [5.74, 6) is 2.81. The van der Waals surface area contributed by atoms with Gasteiger partial charge < -0.3 is 14.9 Å². The fourth-order valence-corrected chi connectivity index (χ4v) is 2.49. The summed E-state index contributed by atoms with van der Waals surface area (Å²) in [5, 5.41) is 0. The van der Waals surface area contributed by atoms with Crippen LogP contribution in [0.4, 0.5) is 0 Å². The summed E-state index contributed by atoms with van der Waals surface area (Å²) in [6.07, 6.45) is 0.896. The highest BCUT2D eigenvalue weighted by Crippen LogP contribution is 2.25. The monoisotopic (exact) mass is 288 g/mol. The number of nitrogens with two attached hydrogens (primary N) is 1. The van der Waals surface area contributed by atoms with Crippen molar-refractivity contribution in [1.82, 2.24) is 4.90 Å². The topological polar surface area (TPSA) is 51.6 Å². The molecule has 0 aliphatic heterocycles. The first-order chi connectivity index (χ1) is 10.2. The fourth-order valence-electron chi connectivity index (χ4n) is 2.49. The van der Waals surface area contributed by atoms with Crippen molar-refractivity contribution in [1.29, 1.82) is 0 Å². The van der Waals surface area contributed by atoms with E-state index < -0.39 is 0 Å². The molecule has 1 aromatic carbocycles. The zero-order chi connectivity index (χ0) is 15.2. The normalized spacial score (nSPS) is 12.6. The summed E-state index contributed by atoms with van der Waals surface area (Å²) in [6.45, 7) is 3.36. The summed E-state index contributed by atoms with van der Waals surface area (Å²) in [5.41, 5.74) is 7.09. The second-order valence-electron chi connectivity index (χ2n) is 5.14. The van der Waals surface area contributed by atoms with Crippen LogP contribution >= 0.6 is 0 Å². The van der Waals surface area contributed by atoms with Gasteiger partial charge in [0.2, 0.25) is 0 Å². The van der Waals surface area contributed by atoms with Crippen LogP contribution in [-0.4, -0.2) is 25.6 Å². The van der Waals surface area contributed by atoms with Gasteiger partial charge in [0, 0.05) is 25.1 Å². The molecule has 114 valence electrons. The molecule has 4 nitrogen and oxygen atoms in total. The molecule has 0 amide bonds. The SMILES string of the molecule is CCc1ccc(C(CN)N(C)Cc2ccccc2OC)o1. The van der Waals surface area contributed by atoms with Gasteiger partial charge in [0.25, 0.3) is 0 Å². The molecule has 0 spiro atoms. The summed E-state index contributed by atoms with van der Waals surface area (Å²) in [6, 6.07) is 12.2. The number of furan rings is 1. The van der Waals surface area contributed by atoms with Crippen molar-refractivity contribution in [3.63, 3.8) is 0 Å². The predicted octanol–water partition coefficient (Wildman–Crippen LogP) is 2.98. The van der Waals surface area contributed by atoms with E-state index in [1.807, 2.05) is 30.3 Å². The van der Waals surface area contributed by atoms with E-state index >= 15 is 0 Å². The molecule has 4 heteroatoms. The molecule has 0 aliphatic carbocycles. The van der Waals surface area contributed by atoms with Gasteiger partial charge in [0.1, 0.15) is 17.3 Å². The highest BCUT2D eigenvalue weighted by Gasteiger charge is 2.20. The first kappa shape index (κ1) is 15.6. The van der Waals surface area contributed by atoms with Crippen LogP contribution < -0.4 is 10.5 Å². The maximum atomic E-state index is 5.95. The molecule has 1 aromatic heterocycles. The van der Waals surface area contributed by atoms with Crippen LogP contribution in [0.1, 0.15) is 30.0 Å². The molecule has 2 N–H and O–H groups in total. The third-order valence-corrected chi connectivity index (χ3v) is 3.73. The minimum Gasteiger partial charge on any atom is -0.496 e. The second-order valence-corrected chi connectivity index (χ2v) is 5.14. The lowest BCUT2D eigenvalue weighted by Crippen LogP contribution is -2.30. The molecule has 2 aromatic rings. The lowest BCUT2D eigenvalue weighted by atomic mass is 10.1. The van der Waals surface area contributed by atoms with Crippen LogP contribution in [0.25, 0.3) is 0 Å². The first-order valence-electron chi connectivity index (χ1n) is 7.30. The van der Waals surface area contributed by atoms with Crippen LogP contribution in [0.5, 0.6) is 5.75 Å². The van der Waals surface area contributed by atoms with Gasteiger partial charge in [-0.2, -0.15) is 0 Å². The lowest BCUT2D eigenvalue weighted by molar-refractivity contribution is 0.208. The number of methoxy groups -OCH3 is 1. The van der Waals surface area contributed by atoms with E-state index in [4.69, 9.17) is 14.9 Å². The summed E-state index contributed by atoms with van der Waals surface area (Å²) < 4.78 is 11.3. The van der Waals surface area contributed by atoms with E-state index in [2.05, 4.69) is 24.9 Å². The maximum absolute atomic E-state index is 5.95. The first-order valence-corrected chi connectivity index (χ1v) is 7.30. The van der Waals surface area contributed by atoms with E-state index in [0.717, 1.165) is 35.8 Å². The van der Waals surface area contributed by atoms with Gasteiger partial charge in [-0.15, -0.1) is 0 Å². The van der Waals surface area contributed by atoms with Crippen molar-refractivity contribution < 1.29 is 9.15 Å². The average molecular weight is 288 g/mol. The third kappa shape index (κ3) is 3.65. The summed E-state index contributed by atoms with van der Waals surface area (Å²) in [4.78, 5) is 2.19. The van der Waals surface area contributed by atoms with Crippen molar-refractivity contribution in [3.05, 3.63) is 53.5 Å². The number of hydrogen-bond donors (Lipinski definition) is 1. The largest absolute Gasteiger partial charge is 0.496 e. The van der Waals surface area contributed by atoms with E-state index in [1.165, 1.54) is 0 Å². The molecule has 1 unspecified atom stereocenters. The van der Waals surface area contributed by atoms with Crippen LogP contribution in [0.3, 0.4) is 0 Å². The smallest absolute Gasteiger partial charge is 0.123 e. The molecule has 1 atom stereocenters. The summed E-state index contributed by atoms with van der Waals surface area (Å²) in [7, 11) is 3.75. The molecule has 1 heterocycles. The zero-order valence-corrected chi connectivity index (χ0v) is 13.0. The van der Waals surface area contributed by atoms with Gasteiger partial charge in [-0.1, -0.05) is 25.1 Å². The fraction of sp³-hybridized carbons (Fsp3) is 0.412. The third-order valence-electron chi connectivity index (χ3n) is 3.73. The molecule has 0 aliphatic rings. The molecule has 0 bridgehead atoms. The Morgan fingerprint density at radius 1 is 1.24 bits per heavy atom. The molecule has 0 saturated carbocycles. The number of aryl methyl sites for hydroxylation is 1. The summed E-state index contributed by atoms with van der Waals surface area (Å²) >= 11 is 0. The molecule has 0 saturated heterocycles. The van der Waals surface area contributed by atoms with Gasteiger partial charge in [0.15, 0.2) is 0 Å². The number of likely N-dealkylation sites (N-methyl/N-ethyl adjacent to an activating group) is 1. The Balaban J connectivity index is 2.14. The van der Waals surface area contributed by atoms with Gasteiger partial charge in [0.05, 0.1) is 13.2 Å². The van der Waals surface area contributed by atoms with Crippen molar-refractivity contribution in [2.75, 3.05) is 20.7 Å². The second kappa shape index (κ2) is 7.29. The Bertz CT molecular complexity index is 565. The molecule has 21 heavy (non-hydrogen) atoms. The predicted molar refractivity (Wildman–Crippen MR) is 84.3 cm³/mol. The molecule has 0 fully saturated rings. The Morgan fingerprint density at radius 3 is 2.62 bits per heavy atom. The van der Waals surface area contributed by atoms with E-state index in [-0.39, 0.29) is 6.04 Å². The Kier molecular flexibility index (Phi) is 5.42. The average Bonchev–Trinajstić information content (AvgIpc) is 2.97. The highest BCUT2D eigenvalue weighted by atomic mass is 16.5. The molecule has 2 rings (SSSR count). The van der Waals surface area contributed by atoms with Crippen LogP contribution in [0.2, 0.25) is 0 Å². The zero-order valence-electron chi connectivity index (χ0n) is 13.0. The number of hydrogen-bond acceptors (Lipinski definition) is 4. The van der Waals surface area contributed by atoms with E-state index in [9.17, 15) is 0 Å². The quantitative estimate of drug-likeness (QED) is 0.851. The van der Waals surface area contributed by atoms with Crippen LogP contribution in [0.15, 0.2) is 40.8 Å².